The zero-order chi connectivity index (χ0) is 20.1. The molecule has 1 amide bonds. The Kier molecular flexibility index (Phi) is 6.16. The number of carbonyl (C=O) groups is 1. The van der Waals surface area contributed by atoms with Crippen LogP contribution >= 0.6 is 23.1 Å². The first-order chi connectivity index (χ1) is 14.2. The molecule has 2 aromatic heterocycles. The number of benzene rings is 1. The van der Waals surface area contributed by atoms with Crippen molar-refractivity contribution >= 4 is 41.2 Å². The van der Waals surface area contributed by atoms with Gasteiger partial charge in [-0.2, -0.15) is 0 Å². The highest BCUT2D eigenvalue weighted by atomic mass is 32.2. The average molecular weight is 429 g/mol. The fourth-order valence-corrected chi connectivity index (χ4v) is 4.11. The zero-order valence-electron chi connectivity index (χ0n) is 15.8. The quantitative estimate of drug-likeness (QED) is 0.581. The summed E-state index contributed by atoms with van der Waals surface area (Å²) >= 11 is 2.96. The van der Waals surface area contributed by atoms with Crippen LogP contribution in [0.15, 0.2) is 46.9 Å². The highest BCUT2D eigenvalue weighted by Crippen LogP contribution is 2.31. The Morgan fingerprint density at radius 1 is 1.31 bits per heavy atom. The van der Waals surface area contributed by atoms with E-state index in [2.05, 4.69) is 15.2 Å². The van der Waals surface area contributed by atoms with Crippen molar-refractivity contribution in [2.24, 2.45) is 0 Å². The van der Waals surface area contributed by atoms with Crippen molar-refractivity contribution in [3.05, 3.63) is 52.5 Å². The summed E-state index contributed by atoms with van der Waals surface area (Å²) in [5.41, 5.74) is 0. The molecule has 1 atom stereocenters. The number of nitrogens with one attached hydrogen (secondary N) is 1. The van der Waals surface area contributed by atoms with Crippen LogP contribution in [0.1, 0.15) is 10.7 Å². The van der Waals surface area contributed by atoms with Gasteiger partial charge >= 0.3 is 0 Å². The van der Waals surface area contributed by atoms with Gasteiger partial charge in [-0.05, 0) is 35.7 Å². The van der Waals surface area contributed by atoms with Crippen LogP contribution in [-0.4, -0.2) is 58.0 Å². The Labute approximate surface area is 176 Å². The zero-order valence-corrected chi connectivity index (χ0v) is 17.4. The molecule has 3 heterocycles. The second-order valence-electron chi connectivity index (χ2n) is 6.41. The van der Waals surface area contributed by atoms with Crippen LogP contribution in [0.4, 0.5) is 0 Å². The lowest BCUT2D eigenvalue weighted by atomic mass is 10.2. The van der Waals surface area contributed by atoms with Crippen LogP contribution in [0.5, 0.6) is 11.5 Å². The number of rotatable bonds is 7. The van der Waals surface area contributed by atoms with Crippen molar-refractivity contribution in [3.8, 4) is 11.5 Å². The number of hydrogen-bond acceptors (Lipinski definition) is 7. The maximum absolute atomic E-state index is 12.5. The van der Waals surface area contributed by atoms with Crippen molar-refractivity contribution in [3.63, 3.8) is 0 Å². The van der Waals surface area contributed by atoms with Gasteiger partial charge in [-0.25, -0.2) is 4.98 Å². The normalized spacial score (nSPS) is 15.6. The van der Waals surface area contributed by atoms with Crippen molar-refractivity contribution < 1.29 is 14.3 Å². The number of ether oxygens (including phenoxy) is 2. The van der Waals surface area contributed by atoms with Crippen LogP contribution < -0.4 is 9.47 Å². The van der Waals surface area contributed by atoms with E-state index in [1.54, 1.807) is 23.3 Å². The number of aromatic nitrogens is 3. The summed E-state index contributed by atoms with van der Waals surface area (Å²) in [5.74, 6) is 2.35. The third-order valence-electron chi connectivity index (χ3n) is 4.23. The summed E-state index contributed by atoms with van der Waals surface area (Å²) in [6.45, 7) is 0.874. The second kappa shape index (κ2) is 9.15. The largest absolute Gasteiger partial charge is 0.486 e. The second-order valence-corrected chi connectivity index (χ2v) is 8.33. The minimum Gasteiger partial charge on any atom is -0.486 e. The van der Waals surface area contributed by atoms with Crippen molar-refractivity contribution in [2.75, 3.05) is 26.0 Å². The third-order valence-corrected chi connectivity index (χ3v) is 5.90. The van der Waals surface area contributed by atoms with Gasteiger partial charge in [0, 0.05) is 11.9 Å². The minimum absolute atomic E-state index is 0.0158. The predicted octanol–water partition coefficient (Wildman–Crippen LogP) is 3.43. The van der Waals surface area contributed by atoms with Crippen LogP contribution in [0.3, 0.4) is 0 Å². The number of carbonyl (C=O) groups excluding carboxylic acids is 1. The predicted molar refractivity (Wildman–Crippen MR) is 114 cm³/mol. The fourth-order valence-electron chi connectivity index (χ4n) is 2.74. The number of thiophene rings is 1. The molecular formula is C20H20N4O3S2. The fraction of sp³-hybridized carbons (Fsp3) is 0.250. The lowest BCUT2D eigenvalue weighted by Gasteiger charge is -2.29. The molecule has 9 heteroatoms. The topological polar surface area (TPSA) is 80.3 Å². The summed E-state index contributed by atoms with van der Waals surface area (Å²) < 4.78 is 11.6. The highest BCUT2D eigenvalue weighted by molar-refractivity contribution is 7.99. The van der Waals surface area contributed by atoms with Gasteiger partial charge in [0.25, 0.3) is 0 Å². The van der Waals surface area contributed by atoms with Crippen LogP contribution in [0.25, 0.3) is 12.2 Å². The number of H-pyrrole nitrogens is 1. The molecule has 0 fully saturated rings. The summed E-state index contributed by atoms with van der Waals surface area (Å²) in [5, 5.41) is 9.59. The Morgan fingerprint density at radius 3 is 3.00 bits per heavy atom. The average Bonchev–Trinajstić information content (AvgIpc) is 3.42. The first-order valence-corrected chi connectivity index (χ1v) is 10.9. The number of aromatic amines is 1. The van der Waals surface area contributed by atoms with E-state index in [4.69, 9.17) is 9.47 Å². The van der Waals surface area contributed by atoms with E-state index in [0.29, 0.717) is 29.9 Å². The Morgan fingerprint density at radius 2 is 2.17 bits per heavy atom. The molecule has 1 unspecified atom stereocenters. The lowest BCUT2D eigenvalue weighted by Crippen LogP contribution is -2.42. The molecule has 0 spiro atoms. The molecule has 0 radical (unpaired) electrons. The lowest BCUT2D eigenvalue weighted by molar-refractivity contribution is -0.128. The van der Waals surface area contributed by atoms with E-state index in [-0.39, 0.29) is 17.8 Å². The highest BCUT2D eigenvalue weighted by Gasteiger charge is 2.23. The number of fused-ring (bicyclic) bond motifs is 1. The monoisotopic (exact) mass is 428 g/mol. The number of thioether (sulfide) groups is 1. The smallest absolute Gasteiger partial charge is 0.232 e. The molecule has 7 nitrogen and oxygen atoms in total. The molecule has 150 valence electrons. The molecule has 1 aromatic carbocycles. The SMILES string of the molecule is CN(CC1COc2ccccc2O1)C(=O)CSc1n[nH]c(/C=C/c2cccs2)n1. The number of para-hydroxylation sites is 2. The first kappa shape index (κ1) is 19.5. The van der Waals surface area contributed by atoms with Gasteiger partial charge in [-0.15, -0.1) is 16.4 Å². The van der Waals surface area contributed by atoms with E-state index in [9.17, 15) is 4.79 Å². The minimum atomic E-state index is -0.193. The molecule has 1 aliphatic heterocycles. The summed E-state index contributed by atoms with van der Waals surface area (Å²) in [6.07, 6.45) is 3.65. The van der Waals surface area contributed by atoms with Crippen molar-refractivity contribution in [1.82, 2.24) is 20.1 Å². The summed E-state index contributed by atoms with van der Waals surface area (Å²) in [4.78, 5) is 19.6. The Balaban J connectivity index is 1.24. The molecular weight excluding hydrogens is 408 g/mol. The molecule has 3 aromatic rings. The van der Waals surface area contributed by atoms with Crippen LogP contribution in [0, 0.1) is 0 Å². The standard InChI is InChI=1S/C20H20N4O3S2/c1-24(11-14-12-26-16-6-2-3-7-17(16)27-14)19(25)13-29-20-21-18(22-23-20)9-8-15-5-4-10-28-15/h2-10,14H,11-13H2,1H3,(H,21,22,23)/b9-8+. The maximum atomic E-state index is 12.5. The van der Waals surface area contributed by atoms with Gasteiger partial charge in [-0.1, -0.05) is 30.0 Å². The maximum Gasteiger partial charge on any atom is 0.232 e. The van der Waals surface area contributed by atoms with E-state index in [0.717, 1.165) is 10.6 Å². The van der Waals surface area contributed by atoms with Gasteiger partial charge in [0.1, 0.15) is 12.4 Å². The number of nitrogens with zero attached hydrogens (tertiary/aromatic N) is 3. The van der Waals surface area contributed by atoms with E-state index in [1.807, 2.05) is 53.9 Å². The van der Waals surface area contributed by atoms with Gasteiger partial charge in [0.05, 0.1) is 12.3 Å². The molecule has 4 rings (SSSR count). The van der Waals surface area contributed by atoms with Crippen LogP contribution in [-0.2, 0) is 4.79 Å². The van der Waals surface area contributed by atoms with Crippen molar-refractivity contribution in [2.45, 2.75) is 11.3 Å². The molecule has 29 heavy (non-hydrogen) atoms. The molecule has 0 bridgehead atoms. The van der Waals surface area contributed by atoms with E-state index < -0.39 is 0 Å². The number of hydrogen-bond donors (Lipinski definition) is 1. The third kappa shape index (κ3) is 5.18. The molecule has 1 aliphatic rings. The molecule has 0 aliphatic carbocycles. The molecule has 0 saturated heterocycles. The molecule has 0 saturated carbocycles. The molecule has 1 N–H and O–H groups in total. The van der Waals surface area contributed by atoms with E-state index in [1.165, 1.54) is 11.8 Å². The van der Waals surface area contributed by atoms with Crippen molar-refractivity contribution in [1.29, 1.82) is 0 Å². The summed E-state index contributed by atoms with van der Waals surface area (Å²) in [7, 11) is 1.76. The first-order valence-electron chi connectivity index (χ1n) is 9.06. The Bertz CT molecular complexity index is 987. The Hall–Kier alpha value is -2.78. The summed E-state index contributed by atoms with van der Waals surface area (Å²) in [6, 6.07) is 11.6. The van der Waals surface area contributed by atoms with E-state index >= 15 is 0 Å². The van der Waals surface area contributed by atoms with Crippen LogP contribution in [0.2, 0.25) is 0 Å². The number of likely N-dealkylation sites (N-methyl/N-ethyl adjacent to an activating group) is 1. The van der Waals surface area contributed by atoms with Gasteiger partial charge in [-0.3, -0.25) is 9.89 Å². The van der Waals surface area contributed by atoms with Gasteiger partial charge in [0.15, 0.2) is 17.6 Å². The van der Waals surface area contributed by atoms with Gasteiger partial charge < -0.3 is 14.4 Å². The number of amides is 1. The van der Waals surface area contributed by atoms with Gasteiger partial charge in [0.2, 0.25) is 11.1 Å².